The van der Waals surface area contributed by atoms with E-state index >= 15 is 0 Å². The Morgan fingerprint density at radius 1 is 1.32 bits per heavy atom. The molecule has 0 aromatic rings. The number of ketones is 1. The van der Waals surface area contributed by atoms with Crippen LogP contribution in [0, 0.1) is 5.92 Å². The van der Waals surface area contributed by atoms with Crippen molar-refractivity contribution >= 4 is 17.7 Å². The van der Waals surface area contributed by atoms with Gasteiger partial charge in [-0.05, 0) is 25.7 Å². The summed E-state index contributed by atoms with van der Waals surface area (Å²) in [5.74, 6) is -0.496. The first kappa shape index (κ1) is 19.0. The van der Waals surface area contributed by atoms with Gasteiger partial charge >= 0.3 is 6.03 Å². The zero-order chi connectivity index (χ0) is 18.8. The third-order valence-corrected chi connectivity index (χ3v) is 5.40. The molecule has 136 valence electrons. The van der Waals surface area contributed by atoms with Gasteiger partial charge in [0.1, 0.15) is 5.54 Å². The van der Waals surface area contributed by atoms with E-state index in [1.54, 1.807) is 19.2 Å². The second-order valence-corrected chi connectivity index (χ2v) is 7.07. The predicted molar refractivity (Wildman–Crippen MR) is 96.5 cm³/mol. The Kier molecular flexibility index (Phi) is 5.50. The van der Waals surface area contributed by atoms with E-state index in [9.17, 15) is 14.4 Å². The number of nitrogens with zero attached hydrogens (tertiary/aromatic N) is 2. The average molecular weight is 345 g/mol. The Balaban J connectivity index is 2.09. The maximum atomic E-state index is 12.9. The van der Waals surface area contributed by atoms with Crippen molar-refractivity contribution in [2.75, 3.05) is 13.6 Å². The molecule has 0 aromatic heterocycles. The molecule has 2 N–H and O–H groups in total. The van der Waals surface area contributed by atoms with E-state index in [-0.39, 0.29) is 29.7 Å². The minimum absolute atomic E-state index is 0.146. The fourth-order valence-corrected chi connectivity index (χ4v) is 3.65. The molecular formula is C19H27N3O3. The van der Waals surface area contributed by atoms with Crippen molar-refractivity contribution in [2.24, 2.45) is 11.7 Å². The van der Waals surface area contributed by atoms with Crippen molar-refractivity contribution in [2.45, 2.75) is 44.6 Å². The van der Waals surface area contributed by atoms with Crippen LogP contribution < -0.4 is 5.73 Å². The number of amides is 3. The topological polar surface area (TPSA) is 83.7 Å². The third-order valence-electron chi connectivity index (χ3n) is 5.40. The van der Waals surface area contributed by atoms with Gasteiger partial charge in [-0.2, -0.15) is 0 Å². The number of allylic oxidation sites excluding steroid dienone is 2. The summed E-state index contributed by atoms with van der Waals surface area (Å²) in [4.78, 5) is 40.4. The van der Waals surface area contributed by atoms with E-state index < -0.39 is 11.6 Å². The molecule has 0 spiro atoms. The number of nitrogens with two attached hydrogens (primary N) is 1. The molecule has 1 unspecified atom stereocenters. The van der Waals surface area contributed by atoms with Gasteiger partial charge in [0.15, 0.2) is 5.78 Å². The zero-order valence-electron chi connectivity index (χ0n) is 15.1. The maximum Gasteiger partial charge on any atom is 0.327 e. The van der Waals surface area contributed by atoms with Crippen molar-refractivity contribution in [3.05, 3.63) is 36.6 Å². The lowest BCUT2D eigenvalue weighted by Crippen LogP contribution is -2.50. The van der Waals surface area contributed by atoms with Gasteiger partial charge < -0.3 is 10.6 Å². The quantitative estimate of drug-likeness (QED) is 0.436. The molecule has 3 amide bonds. The van der Waals surface area contributed by atoms with Gasteiger partial charge in [0.2, 0.25) is 0 Å². The van der Waals surface area contributed by atoms with E-state index in [0.29, 0.717) is 12.1 Å². The fraction of sp³-hybridized carbons (Fsp3) is 0.526. The first-order chi connectivity index (χ1) is 11.7. The monoisotopic (exact) mass is 345 g/mol. The number of carbonyl (C=O) groups is 3. The second kappa shape index (κ2) is 7.25. The van der Waals surface area contributed by atoms with Gasteiger partial charge in [0, 0.05) is 24.7 Å². The summed E-state index contributed by atoms with van der Waals surface area (Å²) in [5, 5.41) is 0. The standard InChI is InChI=1S/C19H27N3O3/c1-13(8-7-9-14(2)20)16(23)12-22-17(24)19(3,21(4)18(22)25)15-10-5-6-11-15/h7-8,15H,1-2,5-6,9-12,20H2,3-4H3/b8-7-. The van der Waals surface area contributed by atoms with Crippen LogP contribution in [0.4, 0.5) is 4.79 Å². The Labute approximate surface area is 149 Å². The molecule has 6 heteroatoms. The lowest BCUT2D eigenvalue weighted by atomic mass is 9.83. The highest BCUT2D eigenvalue weighted by Crippen LogP contribution is 2.41. The highest BCUT2D eigenvalue weighted by molar-refractivity contribution is 6.11. The SMILES string of the molecule is C=C(N)C/C=C\C(=C)C(=O)CN1C(=O)N(C)C(C)(C2CCCC2)C1=O. The van der Waals surface area contributed by atoms with Crippen molar-refractivity contribution in [3.8, 4) is 0 Å². The molecular weight excluding hydrogens is 318 g/mol. The van der Waals surface area contributed by atoms with E-state index in [1.165, 1.54) is 4.90 Å². The van der Waals surface area contributed by atoms with E-state index in [4.69, 9.17) is 5.73 Å². The molecule has 2 rings (SSSR count). The number of hydrogen-bond donors (Lipinski definition) is 1. The molecule has 0 aromatic carbocycles. The molecule has 0 radical (unpaired) electrons. The highest BCUT2D eigenvalue weighted by Gasteiger charge is 2.57. The van der Waals surface area contributed by atoms with Gasteiger partial charge in [-0.25, -0.2) is 4.79 Å². The number of hydrogen-bond acceptors (Lipinski definition) is 4. The molecule has 1 saturated carbocycles. The summed E-state index contributed by atoms with van der Waals surface area (Å²) in [5.41, 5.74) is 5.32. The molecule has 1 aliphatic heterocycles. The summed E-state index contributed by atoms with van der Waals surface area (Å²) in [6.45, 7) is 8.81. The third kappa shape index (κ3) is 3.52. The summed E-state index contributed by atoms with van der Waals surface area (Å²) in [6, 6.07) is -0.417. The number of likely N-dealkylation sites (N-methyl/N-ethyl adjacent to an activating group) is 1. The van der Waals surface area contributed by atoms with Crippen molar-refractivity contribution < 1.29 is 14.4 Å². The van der Waals surface area contributed by atoms with Crippen molar-refractivity contribution in [1.82, 2.24) is 9.80 Å². The summed E-state index contributed by atoms with van der Waals surface area (Å²) in [6.07, 6.45) is 7.68. The minimum atomic E-state index is -0.859. The summed E-state index contributed by atoms with van der Waals surface area (Å²) < 4.78 is 0. The molecule has 2 fully saturated rings. The normalized spacial score (nSPS) is 24.6. The molecule has 0 bridgehead atoms. The van der Waals surface area contributed by atoms with Crippen LogP contribution in [0.1, 0.15) is 39.0 Å². The Hall–Kier alpha value is -2.37. The van der Waals surface area contributed by atoms with Crippen molar-refractivity contribution in [1.29, 1.82) is 0 Å². The minimum Gasteiger partial charge on any atom is -0.402 e. The molecule has 6 nitrogen and oxygen atoms in total. The lowest BCUT2D eigenvalue weighted by molar-refractivity contribution is -0.136. The first-order valence-corrected chi connectivity index (χ1v) is 8.61. The van der Waals surface area contributed by atoms with Crippen LogP contribution >= 0.6 is 0 Å². The smallest absolute Gasteiger partial charge is 0.327 e. The largest absolute Gasteiger partial charge is 0.402 e. The van der Waals surface area contributed by atoms with E-state index in [2.05, 4.69) is 13.2 Å². The number of imide groups is 1. The Morgan fingerprint density at radius 2 is 1.92 bits per heavy atom. The van der Waals surface area contributed by atoms with Crippen LogP contribution in [0.2, 0.25) is 0 Å². The van der Waals surface area contributed by atoms with Crippen LogP contribution in [-0.4, -0.2) is 46.7 Å². The Morgan fingerprint density at radius 3 is 2.48 bits per heavy atom. The lowest BCUT2D eigenvalue weighted by Gasteiger charge is -2.34. The van der Waals surface area contributed by atoms with Gasteiger partial charge in [-0.15, -0.1) is 0 Å². The van der Waals surface area contributed by atoms with Gasteiger partial charge in [0.05, 0.1) is 6.54 Å². The predicted octanol–water partition coefficient (Wildman–Crippen LogP) is 2.37. The number of urea groups is 1. The summed E-state index contributed by atoms with van der Waals surface area (Å²) in [7, 11) is 1.64. The van der Waals surface area contributed by atoms with Gasteiger partial charge in [-0.3, -0.25) is 14.5 Å². The number of rotatable bonds is 7. The first-order valence-electron chi connectivity index (χ1n) is 8.61. The molecule has 1 atom stereocenters. The molecule has 1 heterocycles. The van der Waals surface area contributed by atoms with Crippen LogP contribution in [0.5, 0.6) is 0 Å². The number of carbonyl (C=O) groups excluding carboxylic acids is 3. The average Bonchev–Trinajstić information content (AvgIpc) is 3.15. The molecule has 1 saturated heterocycles. The van der Waals surface area contributed by atoms with Crippen LogP contribution in [0.15, 0.2) is 36.6 Å². The van der Waals surface area contributed by atoms with Gasteiger partial charge in [0.25, 0.3) is 5.91 Å². The van der Waals surface area contributed by atoms with Crippen LogP contribution in [0.3, 0.4) is 0 Å². The van der Waals surface area contributed by atoms with Crippen LogP contribution in [-0.2, 0) is 9.59 Å². The highest BCUT2D eigenvalue weighted by atomic mass is 16.2. The van der Waals surface area contributed by atoms with Gasteiger partial charge in [-0.1, -0.05) is 38.2 Å². The molecule has 25 heavy (non-hydrogen) atoms. The molecule has 2 aliphatic rings. The summed E-state index contributed by atoms with van der Waals surface area (Å²) >= 11 is 0. The zero-order valence-corrected chi connectivity index (χ0v) is 15.1. The van der Waals surface area contributed by atoms with Crippen LogP contribution in [0.25, 0.3) is 0 Å². The van der Waals surface area contributed by atoms with Crippen molar-refractivity contribution in [3.63, 3.8) is 0 Å². The van der Waals surface area contributed by atoms with E-state index in [1.807, 2.05) is 6.92 Å². The maximum absolute atomic E-state index is 12.9. The molecule has 1 aliphatic carbocycles. The Bertz CT molecular complexity index is 646. The second-order valence-electron chi connectivity index (χ2n) is 7.07. The number of Topliss-reactive ketones (excluding diaryl/α,β-unsaturated/α-hetero) is 1. The van der Waals surface area contributed by atoms with E-state index in [0.717, 1.165) is 30.6 Å². The fourth-order valence-electron chi connectivity index (χ4n) is 3.65.